The molecule has 0 bridgehead atoms. The number of H-pyrrole nitrogens is 1. The van der Waals surface area contributed by atoms with Gasteiger partial charge in [0, 0.05) is 0 Å². The lowest BCUT2D eigenvalue weighted by Gasteiger charge is -2.06. The number of benzene rings is 2. The van der Waals surface area contributed by atoms with Crippen LogP contribution in [0, 0.1) is 5.82 Å². The summed E-state index contributed by atoms with van der Waals surface area (Å²) >= 11 is 0. The second-order valence-electron chi connectivity index (χ2n) is 5.40. The Labute approximate surface area is 152 Å². The summed E-state index contributed by atoms with van der Waals surface area (Å²) in [5.74, 6) is 0.539. The van der Waals surface area contributed by atoms with Crippen LogP contribution in [0.1, 0.15) is 24.7 Å². The Balaban J connectivity index is 0.00000144. The first-order valence-corrected chi connectivity index (χ1v) is 7.38. The van der Waals surface area contributed by atoms with Gasteiger partial charge in [-0.25, -0.2) is 9.37 Å². The molecule has 1 atom stereocenters. The van der Waals surface area contributed by atoms with Gasteiger partial charge in [-0.2, -0.15) is 0 Å². The van der Waals surface area contributed by atoms with E-state index in [0.29, 0.717) is 6.54 Å². The minimum Gasteiger partial charge on any atom is -0.341 e. The fraction of sp³-hybridized carbons (Fsp3) is 0.235. The molecule has 0 saturated carbocycles. The maximum atomic E-state index is 13.0. The molecule has 1 heterocycles. The molecular weight excluding hydrogens is 350 g/mol. The van der Waals surface area contributed by atoms with Crippen molar-refractivity contribution in [3.63, 3.8) is 0 Å². The van der Waals surface area contributed by atoms with Gasteiger partial charge in [-0.1, -0.05) is 18.2 Å². The Hall–Kier alpha value is -1.66. The van der Waals surface area contributed by atoms with Gasteiger partial charge in [0.1, 0.15) is 11.6 Å². The van der Waals surface area contributed by atoms with E-state index >= 15 is 0 Å². The Morgan fingerprint density at radius 2 is 1.71 bits per heavy atom. The minimum absolute atomic E-state index is 0. The highest BCUT2D eigenvalue weighted by molar-refractivity contribution is 5.85. The smallest absolute Gasteiger partial charge is 0.124 e. The second kappa shape index (κ2) is 8.99. The number of aromatic amines is 1. The van der Waals surface area contributed by atoms with Gasteiger partial charge < -0.3 is 16.5 Å². The molecule has 0 aliphatic rings. The monoisotopic (exact) mass is 370 g/mol. The van der Waals surface area contributed by atoms with E-state index in [1.54, 1.807) is 12.1 Å². The lowest BCUT2D eigenvalue weighted by molar-refractivity contribution is 0.594. The molecule has 0 radical (unpaired) electrons. The fourth-order valence-corrected chi connectivity index (χ4v) is 2.50. The molecule has 0 aliphatic heterocycles. The van der Waals surface area contributed by atoms with E-state index in [1.165, 1.54) is 12.1 Å². The molecule has 0 fully saturated rings. The predicted octanol–water partition coefficient (Wildman–Crippen LogP) is 3.95. The van der Waals surface area contributed by atoms with Gasteiger partial charge in [-0.3, -0.25) is 0 Å². The molecule has 0 aliphatic carbocycles. The summed E-state index contributed by atoms with van der Waals surface area (Å²) in [6.07, 6.45) is 1.68. The first-order valence-electron chi connectivity index (χ1n) is 7.38. The number of halogens is 3. The average Bonchev–Trinajstić information content (AvgIpc) is 2.96. The molecule has 0 spiro atoms. The van der Waals surface area contributed by atoms with Crippen LogP contribution in [0.15, 0.2) is 42.5 Å². The van der Waals surface area contributed by atoms with Crippen LogP contribution in [0.3, 0.4) is 0 Å². The number of hydrogen-bond donors (Lipinski definition) is 3. The third kappa shape index (κ3) is 4.45. The van der Waals surface area contributed by atoms with Gasteiger partial charge in [0.05, 0.1) is 17.1 Å². The first kappa shape index (κ1) is 20.4. The summed E-state index contributed by atoms with van der Waals surface area (Å²) in [7, 11) is 0. The van der Waals surface area contributed by atoms with Crippen molar-refractivity contribution in [3.05, 3.63) is 54.1 Å². The summed E-state index contributed by atoms with van der Waals surface area (Å²) in [5, 5.41) is 0. The summed E-state index contributed by atoms with van der Waals surface area (Å²) in [6, 6.07) is 12.2. The lowest BCUT2D eigenvalue weighted by Crippen LogP contribution is -2.13. The number of hydrogen-bond acceptors (Lipinski definition) is 3. The van der Waals surface area contributed by atoms with E-state index in [1.807, 2.05) is 18.2 Å². The van der Waals surface area contributed by atoms with Crippen LogP contribution >= 0.6 is 24.8 Å². The van der Waals surface area contributed by atoms with E-state index in [9.17, 15) is 4.39 Å². The van der Waals surface area contributed by atoms with Crippen LogP contribution in [-0.2, 0) is 0 Å². The van der Waals surface area contributed by atoms with Crippen molar-refractivity contribution in [2.24, 2.45) is 11.5 Å². The Morgan fingerprint density at radius 3 is 2.38 bits per heavy atom. The van der Waals surface area contributed by atoms with Gasteiger partial charge >= 0.3 is 0 Å². The second-order valence-corrected chi connectivity index (χ2v) is 5.40. The van der Waals surface area contributed by atoms with Gasteiger partial charge in [0.2, 0.25) is 0 Å². The zero-order chi connectivity index (χ0) is 15.5. The molecule has 1 unspecified atom stereocenters. The summed E-state index contributed by atoms with van der Waals surface area (Å²) in [5.41, 5.74) is 15.4. The van der Waals surface area contributed by atoms with E-state index in [2.05, 4.69) is 9.97 Å². The van der Waals surface area contributed by atoms with Crippen molar-refractivity contribution in [1.82, 2.24) is 9.97 Å². The van der Waals surface area contributed by atoms with Crippen molar-refractivity contribution in [3.8, 4) is 11.1 Å². The van der Waals surface area contributed by atoms with Crippen LogP contribution in [0.2, 0.25) is 0 Å². The number of rotatable bonds is 5. The number of nitrogens with two attached hydrogens (primary N) is 2. The largest absolute Gasteiger partial charge is 0.341 e. The van der Waals surface area contributed by atoms with Gasteiger partial charge in [0.25, 0.3) is 0 Å². The molecule has 4 nitrogen and oxygen atoms in total. The third-order valence-electron chi connectivity index (χ3n) is 3.75. The van der Waals surface area contributed by atoms with E-state index in [4.69, 9.17) is 11.5 Å². The van der Waals surface area contributed by atoms with Crippen LogP contribution in [0.4, 0.5) is 4.39 Å². The predicted molar refractivity (Wildman–Crippen MR) is 101 cm³/mol. The standard InChI is InChI=1S/C17H19FN4.2ClH/c18-13-6-3-11(4-7-13)12-5-8-15-16(10-12)22-17(21-15)14(20)2-1-9-19;;/h3-8,10,14H,1-2,9,19-20H2,(H,21,22);2*1H. The van der Waals surface area contributed by atoms with Crippen LogP contribution in [0.5, 0.6) is 0 Å². The van der Waals surface area contributed by atoms with Gasteiger partial charge in [0.15, 0.2) is 0 Å². The van der Waals surface area contributed by atoms with Crippen molar-refractivity contribution in [1.29, 1.82) is 0 Å². The molecule has 3 aromatic rings. The highest BCUT2D eigenvalue weighted by Crippen LogP contribution is 2.25. The minimum atomic E-state index is -0.238. The molecule has 2 aromatic carbocycles. The van der Waals surface area contributed by atoms with Crippen molar-refractivity contribution >= 4 is 35.8 Å². The Bertz CT molecular complexity index is 774. The number of imidazole rings is 1. The van der Waals surface area contributed by atoms with Crippen molar-refractivity contribution < 1.29 is 4.39 Å². The van der Waals surface area contributed by atoms with Crippen LogP contribution < -0.4 is 11.5 Å². The fourth-order valence-electron chi connectivity index (χ4n) is 2.50. The zero-order valence-electron chi connectivity index (χ0n) is 13.0. The maximum Gasteiger partial charge on any atom is 0.124 e. The van der Waals surface area contributed by atoms with E-state index < -0.39 is 0 Å². The Morgan fingerprint density at radius 1 is 1.04 bits per heavy atom. The average molecular weight is 371 g/mol. The molecule has 24 heavy (non-hydrogen) atoms. The maximum absolute atomic E-state index is 13.0. The highest BCUT2D eigenvalue weighted by Gasteiger charge is 2.11. The lowest BCUT2D eigenvalue weighted by atomic mass is 10.1. The van der Waals surface area contributed by atoms with Crippen LogP contribution in [-0.4, -0.2) is 16.5 Å². The molecule has 130 valence electrons. The van der Waals surface area contributed by atoms with E-state index in [-0.39, 0.29) is 36.7 Å². The number of fused-ring (bicyclic) bond motifs is 1. The van der Waals surface area contributed by atoms with Crippen molar-refractivity contribution in [2.75, 3.05) is 6.54 Å². The summed E-state index contributed by atoms with van der Waals surface area (Å²) in [4.78, 5) is 7.83. The molecule has 0 saturated heterocycles. The topological polar surface area (TPSA) is 80.7 Å². The molecule has 0 amide bonds. The number of aromatic nitrogens is 2. The van der Waals surface area contributed by atoms with E-state index in [0.717, 1.165) is 40.8 Å². The third-order valence-corrected chi connectivity index (χ3v) is 3.75. The number of nitrogens with zero attached hydrogens (tertiary/aromatic N) is 1. The van der Waals surface area contributed by atoms with Gasteiger partial charge in [-0.15, -0.1) is 24.8 Å². The molecule has 7 heteroatoms. The van der Waals surface area contributed by atoms with Crippen molar-refractivity contribution in [2.45, 2.75) is 18.9 Å². The SMILES string of the molecule is Cl.Cl.NCCCC(N)c1nc2cc(-c3ccc(F)cc3)ccc2[nH]1. The molecule has 3 rings (SSSR count). The molecular formula is C17H21Cl2FN4. The number of nitrogens with one attached hydrogen (secondary N) is 1. The zero-order valence-corrected chi connectivity index (χ0v) is 14.7. The first-order chi connectivity index (χ1) is 10.7. The quantitative estimate of drug-likeness (QED) is 0.635. The van der Waals surface area contributed by atoms with Gasteiger partial charge in [-0.05, 0) is 54.8 Å². The summed E-state index contributed by atoms with van der Waals surface area (Å²) < 4.78 is 13.0. The normalized spacial score (nSPS) is 11.6. The highest BCUT2D eigenvalue weighted by atomic mass is 35.5. The van der Waals surface area contributed by atoms with Crippen LogP contribution in [0.25, 0.3) is 22.2 Å². The summed E-state index contributed by atoms with van der Waals surface area (Å²) in [6.45, 7) is 0.628. The molecule has 5 N–H and O–H groups in total. The Kier molecular flexibility index (Phi) is 7.63. The molecule has 1 aromatic heterocycles.